The molecule has 2 bridgehead atoms. The first-order chi connectivity index (χ1) is 9.15. The highest BCUT2D eigenvalue weighted by molar-refractivity contribution is 5.84. The highest BCUT2D eigenvalue weighted by atomic mass is 16.7. The van der Waals surface area contributed by atoms with Gasteiger partial charge in [0.1, 0.15) is 0 Å². The van der Waals surface area contributed by atoms with Gasteiger partial charge in [-0.1, -0.05) is 18.2 Å². The lowest BCUT2D eigenvalue weighted by Crippen LogP contribution is -2.30. The first-order valence-electron chi connectivity index (χ1n) is 5.72. The zero-order valence-corrected chi connectivity index (χ0v) is 9.79. The summed E-state index contributed by atoms with van der Waals surface area (Å²) < 4.78 is 5.83. The fraction of sp³-hybridized carbons (Fsp3) is 0.154. The molecule has 96 valence electrons. The van der Waals surface area contributed by atoms with E-state index in [1.165, 1.54) is 6.07 Å². The molecule has 0 N–H and O–H groups in total. The summed E-state index contributed by atoms with van der Waals surface area (Å²) in [6, 6.07) is 8.33. The van der Waals surface area contributed by atoms with Crippen molar-refractivity contribution in [1.29, 1.82) is 0 Å². The quantitative estimate of drug-likeness (QED) is 0.649. The molecule has 2 heterocycles. The van der Waals surface area contributed by atoms with Crippen LogP contribution in [-0.4, -0.2) is 16.7 Å². The lowest BCUT2D eigenvalue weighted by molar-refractivity contribution is -0.146. The van der Waals surface area contributed by atoms with Gasteiger partial charge in [-0.15, -0.1) is 4.73 Å². The van der Waals surface area contributed by atoms with E-state index in [4.69, 9.17) is 9.57 Å². The smallest absolute Gasteiger partial charge is 0.333 e. The molecule has 19 heavy (non-hydrogen) atoms. The average Bonchev–Trinajstić information content (AvgIpc) is 2.43. The van der Waals surface area contributed by atoms with Crippen molar-refractivity contribution in [3.8, 4) is 5.75 Å². The third-order valence-corrected chi connectivity index (χ3v) is 2.79. The fourth-order valence-electron chi connectivity index (χ4n) is 1.90. The molecule has 1 aliphatic heterocycles. The van der Waals surface area contributed by atoms with Crippen molar-refractivity contribution in [3.63, 3.8) is 0 Å². The summed E-state index contributed by atoms with van der Waals surface area (Å²) in [7, 11) is 0. The molecule has 2 aromatic rings. The number of rotatable bonds is 0. The van der Waals surface area contributed by atoms with Crippen LogP contribution in [0.5, 0.6) is 5.75 Å². The van der Waals surface area contributed by atoms with E-state index >= 15 is 0 Å². The molecule has 0 saturated heterocycles. The maximum absolute atomic E-state index is 12.1. The van der Waals surface area contributed by atoms with Gasteiger partial charge in [-0.25, -0.2) is 4.79 Å². The number of nitrogens with zero attached hydrogens (tertiary/aromatic N) is 1. The van der Waals surface area contributed by atoms with Gasteiger partial charge in [-0.2, -0.15) is 0 Å². The van der Waals surface area contributed by atoms with Gasteiger partial charge in [0.25, 0.3) is 0 Å². The number of aromatic nitrogens is 1. The number of carbonyl (C=O) groups is 2. The number of benzene rings is 1. The minimum Gasteiger partial charge on any atom is -0.420 e. The number of pyridine rings is 1. The van der Waals surface area contributed by atoms with Crippen LogP contribution in [0.15, 0.2) is 35.1 Å². The van der Waals surface area contributed by atoms with Gasteiger partial charge < -0.3 is 9.57 Å². The standard InChI is InChI=1S/C13H9NO5/c15-11-5-6-12(16)19-14-9-4-2-1-3-8(9)7-10(18-11)13(14)17/h1-4,7H,5-6H2. The number of ether oxygens (including phenoxy) is 1. The average molecular weight is 259 g/mol. The zero-order chi connectivity index (χ0) is 13.4. The molecule has 6 nitrogen and oxygen atoms in total. The predicted octanol–water partition coefficient (Wildman–Crippen LogP) is 0.656. The van der Waals surface area contributed by atoms with E-state index in [2.05, 4.69) is 0 Å². The van der Waals surface area contributed by atoms with Crippen LogP contribution in [-0.2, 0) is 9.59 Å². The number of para-hydroxylation sites is 1. The van der Waals surface area contributed by atoms with Crippen molar-refractivity contribution in [2.75, 3.05) is 0 Å². The third-order valence-electron chi connectivity index (χ3n) is 2.79. The molecule has 0 unspecified atom stereocenters. The van der Waals surface area contributed by atoms with Crippen LogP contribution in [0.1, 0.15) is 12.8 Å². The van der Waals surface area contributed by atoms with Gasteiger partial charge in [-0.3, -0.25) is 9.59 Å². The second-order valence-electron chi connectivity index (χ2n) is 4.10. The predicted molar refractivity (Wildman–Crippen MR) is 64.7 cm³/mol. The van der Waals surface area contributed by atoms with Gasteiger partial charge in [0.2, 0.25) is 0 Å². The summed E-state index contributed by atoms with van der Waals surface area (Å²) in [6.07, 6.45) is -0.244. The molecule has 1 aromatic heterocycles. The van der Waals surface area contributed by atoms with Gasteiger partial charge >= 0.3 is 17.5 Å². The van der Waals surface area contributed by atoms with Crippen molar-refractivity contribution in [2.45, 2.75) is 12.8 Å². The summed E-state index contributed by atoms with van der Waals surface area (Å²) in [6.45, 7) is 0. The van der Waals surface area contributed by atoms with Crippen molar-refractivity contribution < 1.29 is 19.2 Å². The summed E-state index contributed by atoms with van der Waals surface area (Å²) in [5.74, 6) is -1.42. The lowest BCUT2D eigenvalue weighted by Gasteiger charge is -2.09. The van der Waals surface area contributed by atoms with E-state index in [0.717, 1.165) is 4.73 Å². The van der Waals surface area contributed by atoms with Gasteiger partial charge in [0.15, 0.2) is 5.75 Å². The van der Waals surface area contributed by atoms with E-state index in [9.17, 15) is 14.4 Å². The van der Waals surface area contributed by atoms with E-state index in [1.807, 2.05) is 0 Å². The molecular formula is C13H9NO5. The van der Waals surface area contributed by atoms with Crippen molar-refractivity contribution in [3.05, 3.63) is 40.7 Å². The number of esters is 1. The summed E-state index contributed by atoms with van der Waals surface area (Å²) in [5, 5.41) is 0.639. The molecule has 0 fully saturated rings. The Morgan fingerprint density at radius 2 is 1.74 bits per heavy atom. The molecule has 6 heteroatoms. The molecule has 0 amide bonds. The molecule has 0 aliphatic carbocycles. The van der Waals surface area contributed by atoms with Crippen LogP contribution < -0.4 is 15.1 Å². The van der Waals surface area contributed by atoms with Crippen LogP contribution in [0.3, 0.4) is 0 Å². The molecule has 0 radical (unpaired) electrons. The minimum absolute atomic E-state index is 0.117. The van der Waals surface area contributed by atoms with Crippen LogP contribution in [0.2, 0.25) is 0 Å². The van der Waals surface area contributed by atoms with Crippen LogP contribution >= 0.6 is 0 Å². The van der Waals surface area contributed by atoms with Crippen LogP contribution in [0.25, 0.3) is 10.9 Å². The normalized spacial score (nSPS) is 15.2. The Bertz CT molecular complexity index is 746. The monoisotopic (exact) mass is 259 g/mol. The number of carbonyl (C=O) groups excluding carboxylic acids is 2. The summed E-state index contributed by atoms with van der Waals surface area (Å²) in [4.78, 5) is 40.1. The number of hydrogen-bond acceptors (Lipinski definition) is 5. The maximum atomic E-state index is 12.1. The maximum Gasteiger partial charge on any atom is 0.333 e. The van der Waals surface area contributed by atoms with E-state index < -0.39 is 17.5 Å². The molecule has 1 aliphatic rings. The molecule has 0 spiro atoms. The van der Waals surface area contributed by atoms with Crippen molar-refractivity contribution >= 4 is 22.8 Å². The van der Waals surface area contributed by atoms with E-state index in [-0.39, 0.29) is 18.6 Å². The van der Waals surface area contributed by atoms with Crippen LogP contribution in [0.4, 0.5) is 0 Å². The third kappa shape index (κ3) is 1.97. The van der Waals surface area contributed by atoms with Crippen molar-refractivity contribution in [2.24, 2.45) is 0 Å². The Morgan fingerprint density at radius 1 is 1.00 bits per heavy atom. The Morgan fingerprint density at radius 3 is 2.58 bits per heavy atom. The number of hydrogen-bond donors (Lipinski definition) is 0. The topological polar surface area (TPSA) is 74.6 Å². The van der Waals surface area contributed by atoms with Crippen molar-refractivity contribution in [1.82, 2.24) is 4.73 Å². The summed E-state index contributed by atoms with van der Waals surface area (Å²) >= 11 is 0. The second-order valence-corrected chi connectivity index (χ2v) is 4.10. The molecule has 1 aromatic carbocycles. The Hall–Kier alpha value is -2.63. The largest absolute Gasteiger partial charge is 0.420 e. The zero-order valence-electron chi connectivity index (χ0n) is 9.79. The van der Waals surface area contributed by atoms with E-state index in [0.29, 0.717) is 10.9 Å². The number of fused-ring (bicyclic) bond motifs is 4. The van der Waals surface area contributed by atoms with Gasteiger partial charge in [-0.05, 0) is 12.1 Å². The Balaban J connectivity index is 2.33. The highest BCUT2D eigenvalue weighted by Gasteiger charge is 2.20. The molecule has 0 saturated carbocycles. The van der Waals surface area contributed by atoms with Crippen LogP contribution in [0, 0.1) is 0 Å². The molecule has 0 atom stereocenters. The molecular weight excluding hydrogens is 250 g/mol. The molecule has 3 rings (SSSR count). The second kappa shape index (κ2) is 4.24. The van der Waals surface area contributed by atoms with Gasteiger partial charge in [0, 0.05) is 5.39 Å². The first-order valence-corrected chi connectivity index (χ1v) is 5.72. The lowest BCUT2D eigenvalue weighted by atomic mass is 10.2. The SMILES string of the molecule is O=C1CCC(=O)On2c(=O)c(cc3ccccc32)O1. The Labute approximate surface area is 107 Å². The first kappa shape index (κ1) is 11.5. The van der Waals surface area contributed by atoms with Gasteiger partial charge in [0.05, 0.1) is 18.4 Å². The van der Waals surface area contributed by atoms with E-state index in [1.54, 1.807) is 24.3 Å². The fourth-order valence-corrected chi connectivity index (χ4v) is 1.90. The minimum atomic E-state index is -0.665. The Kier molecular flexibility index (Phi) is 2.56. The summed E-state index contributed by atoms with van der Waals surface area (Å²) in [5.41, 5.74) is -0.218. The highest BCUT2D eigenvalue weighted by Crippen LogP contribution is 2.18.